The summed E-state index contributed by atoms with van der Waals surface area (Å²) >= 11 is 0. The third-order valence-corrected chi connectivity index (χ3v) is 4.96. The smallest absolute Gasteiger partial charge is 0.332 e. The molecular formula is C23H21N3O3. The average Bonchev–Trinajstić information content (AvgIpc) is 2.76. The number of nitrogens with zero attached hydrogens (tertiary/aromatic N) is 3. The Kier molecular flexibility index (Phi) is 4.76. The lowest BCUT2D eigenvalue weighted by atomic mass is 9.99. The van der Waals surface area contributed by atoms with E-state index < -0.39 is 5.69 Å². The van der Waals surface area contributed by atoms with E-state index in [1.807, 2.05) is 67.6 Å². The van der Waals surface area contributed by atoms with Gasteiger partial charge in [0.2, 0.25) is 0 Å². The first-order valence-corrected chi connectivity index (χ1v) is 9.41. The molecule has 0 aliphatic heterocycles. The number of pyridine rings is 1. The van der Waals surface area contributed by atoms with E-state index >= 15 is 0 Å². The van der Waals surface area contributed by atoms with Gasteiger partial charge in [-0.3, -0.25) is 13.9 Å². The molecule has 0 radical (unpaired) electrons. The Balaban J connectivity index is 2.18. The topological polar surface area (TPSA) is 66.1 Å². The molecule has 0 saturated carbocycles. The van der Waals surface area contributed by atoms with Crippen LogP contribution in [-0.2, 0) is 14.1 Å². The zero-order valence-corrected chi connectivity index (χ0v) is 16.5. The molecule has 4 aromatic rings. The van der Waals surface area contributed by atoms with Crippen molar-refractivity contribution in [1.29, 1.82) is 0 Å². The summed E-state index contributed by atoms with van der Waals surface area (Å²) in [7, 11) is 3.11. The van der Waals surface area contributed by atoms with Crippen LogP contribution in [0.2, 0.25) is 0 Å². The molecule has 2 aromatic heterocycles. The Morgan fingerprint density at radius 1 is 0.897 bits per heavy atom. The van der Waals surface area contributed by atoms with Crippen molar-refractivity contribution in [3.63, 3.8) is 0 Å². The summed E-state index contributed by atoms with van der Waals surface area (Å²) < 4.78 is 8.33. The minimum absolute atomic E-state index is 0.348. The van der Waals surface area contributed by atoms with Crippen LogP contribution in [0, 0.1) is 0 Å². The zero-order valence-electron chi connectivity index (χ0n) is 16.5. The molecule has 6 nitrogen and oxygen atoms in total. The molecule has 146 valence electrons. The predicted molar refractivity (Wildman–Crippen MR) is 114 cm³/mol. The van der Waals surface area contributed by atoms with Crippen molar-refractivity contribution in [3.05, 3.63) is 81.5 Å². The van der Waals surface area contributed by atoms with E-state index in [2.05, 4.69) is 4.98 Å². The second-order valence-electron chi connectivity index (χ2n) is 6.75. The maximum Gasteiger partial charge on any atom is 0.332 e. The molecular weight excluding hydrogens is 366 g/mol. The van der Waals surface area contributed by atoms with Gasteiger partial charge in [0.15, 0.2) is 5.65 Å². The lowest BCUT2D eigenvalue weighted by Gasteiger charge is -2.15. The first-order chi connectivity index (χ1) is 14.0. The summed E-state index contributed by atoms with van der Waals surface area (Å²) in [5.74, 6) is 0.678. The lowest BCUT2D eigenvalue weighted by Crippen LogP contribution is -2.37. The summed E-state index contributed by atoms with van der Waals surface area (Å²) in [5, 5.41) is 0.390. The second kappa shape index (κ2) is 7.39. The Labute approximate surface area is 167 Å². The average molecular weight is 387 g/mol. The van der Waals surface area contributed by atoms with Crippen molar-refractivity contribution in [2.45, 2.75) is 6.92 Å². The first kappa shape index (κ1) is 18.7. The van der Waals surface area contributed by atoms with Gasteiger partial charge in [-0.05, 0) is 19.1 Å². The molecule has 0 bridgehead atoms. The molecule has 2 heterocycles. The third-order valence-electron chi connectivity index (χ3n) is 4.96. The second-order valence-corrected chi connectivity index (χ2v) is 6.75. The number of aromatic nitrogens is 3. The van der Waals surface area contributed by atoms with Crippen molar-refractivity contribution in [2.75, 3.05) is 6.61 Å². The van der Waals surface area contributed by atoms with Crippen molar-refractivity contribution in [1.82, 2.24) is 14.1 Å². The number of ether oxygens (including phenoxy) is 1. The van der Waals surface area contributed by atoms with Crippen LogP contribution in [0.1, 0.15) is 6.92 Å². The fraction of sp³-hybridized carbons (Fsp3) is 0.174. The van der Waals surface area contributed by atoms with E-state index in [9.17, 15) is 9.59 Å². The maximum absolute atomic E-state index is 13.1. The molecule has 0 aliphatic carbocycles. The van der Waals surface area contributed by atoms with Crippen LogP contribution in [-0.4, -0.2) is 20.7 Å². The van der Waals surface area contributed by atoms with Crippen LogP contribution in [0.3, 0.4) is 0 Å². The van der Waals surface area contributed by atoms with E-state index in [4.69, 9.17) is 4.74 Å². The number of hydrogen-bond donors (Lipinski definition) is 0. The molecule has 4 rings (SSSR count). The van der Waals surface area contributed by atoms with Crippen LogP contribution in [0.15, 0.2) is 70.3 Å². The van der Waals surface area contributed by atoms with Crippen LogP contribution in [0.5, 0.6) is 5.75 Å². The normalized spacial score (nSPS) is 11.0. The standard InChI is InChI=1S/C23H21N3O3/c1-4-29-19-13-9-8-12-16(19)17-14-18(15-10-6-5-7-11-15)24-21-20(17)22(27)26(3)23(28)25(21)2/h5-14H,4H2,1-3H3. The molecule has 0 saturated heterocycles. The van der Waals surface area contributed by atoms with Crippen LogP contribution >= 0.6 is 0 Å². The van der Waals surface area contributed by atoms with Crippen molar-refractivity contribution < 1.29 is 4.74 Å². The van der Waals surface area contributed by atoms with E-state index in [1.54, 1.807) is 7.05 Å². The molecule has 2 aromatic carbocycles. The highest BCUT2D eigenvalue weighted by Crippen LogP contribution is 2.35. The number of fused-ring (bicyclic) bond motifs is 1. The molecule has 0 amide bonds. The monoisotopic (exact) mass is 387 g/mol. The van der Waals surface area contributed by atoms with Gasteiger partial charge in [0, 0.05) is 30.8 Å². The number of rotatable bonds is 4. The minimum atomic E-state index is -0.413. The predicted octanol–water partition coefficient (Wildman–Crippen LogP) is 3.36. The highest BCUT2D eigenvalue weighted by Gasteiger charge is 2.19. The number of aryl methyl sites for hydroxylation is 1. The highest BCUT2D eigenvalue weighted by molar-refractivity contribution is 5.96. The van der Waals surface area contributed by atoms with Gasteiger partial charge in [-0.25, -0.2) is 9.78 Å². The molecule has 0 unspecified atom stereocenters. The Morgan fingerprint density at radius 3 is 2.31 bits per heavy atom. The number of hydrogen-bond acceptors (Lipinski definition) is 4. The molecule has 0 aliphatic rings. The summed E-state index contributed by atoms with van der Waals surface area (Å²) in [5.41, 5.74) is 2.62. The van der Waals surface area contributed by atoms with E-state index in [0.29, 0.717) is 34.6 Å². The Hall–Kier alpha value is -3.67. The van der Waals surface area contributed by atoms with E-state index in [0.717, 1.165) is 15.7 Å². The minimum Gasteiger partial charge on any atom is -0.493 e. The van der Waals surface area contributed by atoms with Crippen molar-refractivity contribution in [3.8, 4) is 28.1 Å². The van der Waals surface area contributed by atoms with Crippen molar-refractivity contribution in [2.24, 2.45) is 14.1 Å². The molecule has 0 N–H and O–H groups in total. The van der Waals surface area contributed by atoms with Gasteiger partial charge in [0.05, 0.1) is 17.7 Å². The maximum atomic E-state index is 13.1. The summed E-state index contributed by atoms with van der Waals surface area (Å²) in [4.78, 5) is 30.3. The number of para-hydroxylation sites is 1. The quantitative estimate of drug-likeness (QED) is 0.539. The number of benzene rings is 2. The molecule has 6 heteroatoms. The van der Waals surface area contributed by atoms with Gasteiger partial charge in [0.25, 0.3) is 5.56 Å². The molecule has 29 heavy (non-hydrogen) atoms. The van der Waals surface area contributed by atoms with Gasteiger partial charge in [0.1, 0.15) is 5.75 Å². The van der Waals surface area contributed by atoms with Gasteiger partial charge in [-0.2, -0.15) is 0 Å². The SMILES string of the molecule is CCOc1ccccc1-c1cc(-c2ccccc2)nc2c1c(=O)n(C)c(=O)n2C. The highest BCUT2D eigenvalue weighted by atomic mass is 16.5. The molecule has 0 fully saturated rings. The van der Waals surface area contributed by atoms with Crippen LogP contribution < -0.4 is 16.0 Å². The van der Waals surface area contributed by atoms with Gasteiger partial charge in [-0.15, -0.1) is 0 Å². The lowest BCUT2D eigenvalue weighted by molar-refractivity contribution is 0.341. The van der Waals surface area contributed by atoms with Crippen molar-refractivity contribution >= 4 is 11.0 Å². The Bertz CT molecular complexity index is 1320. The Morgan fingerprint density at radius 2 is 1.59 bits per heavy atom. The van der Waals surface area contributed by atoms with Gasteiger partial charge < -0.3 is 4.74 Å². The molecule has 0 atom stereocenters. The first-order valence-electron chi connectivity index (χ1n) is 9.41. The largest absolute Gasteiger partial charge is 0.493 e. The third kappa shape index (κ3) is 3.12. The fourth-order valence-corrected chi connectivity index (χ4v) is 3.50. The summed E-state index contributed by atoms with van der Waals surface area (Å²) in [6.45, 7) is 2.42. The summed E-state index contributed by atoms with van der Waals surface area (Å²) in [6, 6.07) is 19.2. The van der Waals surface area contributed by atoms with Crippen LogP contribution in [0.25, 0.3) is 33.4 Å². The van der Waals surface area contributed by atoms with E-state index in [-0.39, 0.29) is 5.56 Å². The van der Waals surface area contributed by atoms with Gasteiger partial charge in [-0.1, -0.05) is 48.5 Å². The molecule has 0 spiro atoms. The zero-order chi connectivity index (χ0) is 20.5. The van der Waals surface area contributed by atoms with Crippen LogP contribution in [0.4, 0.5) is 0 Å². The summed E-state index contributed by atoms with van der Waals surface area (Å²) in [6.07, 6.45) is 0. The fourth-order valence-electron chi connectivity index (χ4n) is 3.50. The van der Waals surface area contributed by atoms with Gasteiger partial charge >= 0.3 is 5.69 Å². The van der Waals surface area contributed by atoms with E-state index in [1.165, 1.54) is 11.6 Å².